The SMILES string of the molecule is CCN(CC)c1ccc(NC(=O)c2ccc(Cl)cc2)nn1. The van der Waals surface area contributed by atoms with Gasteiger partial charge >= 0.3 is 0 Å². The van der Waals surface area contributed by atoms with E-state index in [1.807, 2.05) is 6.07 Å². The molecule has 2 aromatic rings. The smallest absolute Gasteiger partial charge is 0.256 e. The highest BCUT2D eigenvalue weighted by Gasteiger charge is 2.08. The molecule has 21 heavy (non-hydrogen) atoms. The Kier molecular flexibility index (Phi) is 5.11. The average Bonchev–Trinajstić information content (AvgIpc) is 2.51. The molecule has 1 amide bonds. The minimum Gasteiger partial charge on any atom is -0.356 e. The summed E-state index contributed by atoms with van der Waals surface area (Å²) >= 11 is 5.79. The van der Waals surface area contributed by atoms with Crippen LogP contribution in [0.25, 0.3) is 0 Å². The summed E-state index contributed by atoms with van der Waals surface area (Å²) in [6, 6.07) is 10.3. The molecule has 110 valence electrons. The molecule has 0 aliphatic heterocycles. The van der Waals surface area contributed by atoms with Crippen molar-refractivity contribution in [2.24, 2.45) is 0 Å². The number of nitrogens with one attached hydrogen (secondary N) is 1. The fourth-order valence-corrected chi connectivity index (χ4v) is 2.02. The second-order valence-corrected chi connectivity index (χ2v) is 4.85. The van der Waals surface area contributed by atoms with Crippen LogP contribution in [0.15, 0.2) is 36.4 Å². The summed E-state index contributed by atoms with van der Waals surface area (Å²) < 4.78 is 0. The lowest BCUT2D eigenvalue weighted by Crippen LogP contribution is -2.23. The van der Waals surface area contributed by atoms with E-state index in [0.29, 0.717) is 16.4 Å². The molecule has 0 fully saturated rings. The second kappa shape index (κ2) is 7.04. The first-order valence-corrected chi connectivity index (χ1v) is 7.17. The van der Waals surface area contributed by atoms with Gasteiger partial charge in [-0.05, 0) is 50.2 Å². The predicted octanol–water partition coefficient (Wildman–Crippen LogP) is 3.23. The van der Waals surface area contributed by atoms with Crippen molar-refractivity contribution < 1.29 is 4.79 Å². The van der Waals surface area contributed by atoms with Gasteiger partial charge in [0.05, 0.1) is 0 Å². The highest BCUT2D eigenvalue weighted by molar-refractivity contribution is 6.30. The van der Waals surface area contributed by atoms with Gasteiger partial charge in [-0.2, -0.15) is 0 Å². The summed E-state index contributed by atoms with van der Waals surface area (Å²) in [5, 5.41) is 11.4. The molecule has 2 rings (SSSR count). The number of halogens is 1. The third kappa shape index (κ3) is 3.92. The van der Waals surface area contributed by atoms with Crippen molar-refractivity contribution in [3.63, 3.8) is 0 Å². The van der Waals surface area contributed by atoms with Crippen LogP contribution in [0.2, 0.25) is 5.02 Å². The van der Waals surface area contributed by atoms with Gasteiger partial charge in [0.1, 0.15) is 0 Å². The standard InChI is InChI=1S/C15H17ClN4O/c1-3-20(4-2)14-10-9-13(18-19-14)17-15(21)11-5-7-12(16)8-6-11/h5-10H,3-4H2,1-2H3,(H,17,18,21). The zero-order valence-corrected chi connectivity index (χ0v) is 12.8. The van der Waals surface area contributed by atoms with E-state index in [1.54, 1.807) is 30.3 Å². The minimum atomic E-state index is -0.239. The Balaban J connectivity index is 2.06. The molecular weight excluding hydrogens is 288 g/mol. The van der Waals surface area contributed by atoms with Crippen molar-refractivity contribution in [3.05, 3.63) is 47.0 Å². The fourth-order valence-electron chi connectivity index (χ4n) is 1.90. The maximum atomic E-state index is 12.0. The van der Waals surface area contributed by atoms with Crippen LogP contribution in [0.4, 0.5) is 11.6 Å². The number of aromatic nitrogens is 2. The van der Waals surface area contributed by atoms with Gasteiger partial charge in [0.15, 0.2) is 11.6 Å². The number of amides is 1. The van der Waals surface area contributed by atoms with Crippen LogP contribution < -0.4 is 10.2 Å². The van der Waals surface area contributed by atoms with Crippen LogP contribution in [0.5, 0.6) is 0 Å². The van der Waals surface area contributed by atoms with Gasteiger partial charge in [-0.1, -0.05) is 11.6 Å². The summed E-state index contributed by atoms with van der Waals surface area (Å²) in [7, 11) is 0. The van der Waals surface area contributed by atoms with E-state index in [4.69, 9.17) is 11.6 Å². The Morgan fingerprint density at radius 1 is 1.10 bits per heavy atom. The third-order valence-electron chi connectivity index (χ3n) is 3.09. The van der Waals surface area contributed by atoms with E-state index in [2.05, 4.69) is 34.3 Å². The summed E-state index contributed by atoms with van der Waals surface area (Å²) in [5.74, 6) is 0.979. The van der Waals surface area contributed by atoms with Gasteiger partial charge in [0.2, 0.25) is 0 Å². The Hall–Kier alpha value is -2.14. The van der Waals surface area contributed by atoms with Crippen LogP contribution in [0.1, 0.15) is 24.2 Å². The number of anilines is 2. The van der Waals surface area contributed by atoms with E-state index in [-0.39, 0.29) is 5.91 Å². The van der Waals surface area contributed by atoms with Crippen molar-refractivity contribution in [2.45, 2.75) is 13.8 Å². The van der Waals surface area contributed by atoms with Crippen molar-refractivity contribution in [1.82, 2.24) is 10.2 Å². The maximum absolute atomic E-state index is 12.0. The number of hydrogen-bond acceptors (Lipinski definition) is 4. The first-order chi connectivity index (χ1) is 10.1. The molecule has 0 saturated heterocycles. The molecular formula is C15H17ClN4O. The number of hydrogen-bond donors (Lipinski definition) is 1. The molecule has 1 aromatic carbocycles. The van der Waals surface area contributed by atoms with Crippen LogP contribution in [0, 0.1) is 0 Å². The van der Waals surface area contributed by atoms with E-state index in [1.165, 1.54) is 0 Å². The number of carbonyl (C=O) groups is 1. The van der Waals surface area contributed by atoms with Gasteiger partial charge in [0, 0.05) is 23.7 Å². The molecule has 0 atom stereocenters. The summed E-state index contributed by atoms with van der Waals surface area (Å²) in [6.45, 7) is 5.84. The lowest BCUT2D eigenvalue weighted by atomic mass is 10.2. The topological polar surface area (TPSA) is 58.1 Å². The van der Waals surface area contributed by atoms with E-state index in [9.17, 15) is 4.79 Å². The quantitative estimate of drug-likeness (QED) is 0.921. The highest BCUT2D eigenvalue weighted by Crippen LogP contribution is 2.13. The lowest BCUT2D eigenvalue weighted by Gasteiger charge is -2.18. The Bertz CT molecular complexity index is 594. The van der Waals surface area contributed by atoms with Crippen LogP contribution in [-0.4, -0.2) is 29.2 Å². The third-order valence-corrected chi connectivity index (χ3v) is 3.34. The molecule has 0 aliphatic carbocycles. The van der Waals surface area contributed by atoms with Crippen molar-refractivity contribution in [2.75, 3.05) is 23.3 Å². The molecule has 0 unspecified atom stereocenters. The van der Waals surface area contributed by atoms with Crippen LogP contribution >= 0.6 is 11.6 Å². The molecule has 0 bridgehead atoms. The molecule has 0 aliphatic rings. The van der Waals surface area contributed by atoms with Gasteiger partial charge in [0.25, 0.3) is 5.91 Å². The van der Waals surface area contributed by atoms with Crippen molar-refractivity contribution in [3.8, 4) is 0 Å². The lowest BCUT2D eigenvalue weighted by molar-refractivity contribution is 0.102. The maximum Gasteiger partial charge on any atom is 0.256 e. The summed E-state index contributed by atoms with van der Waals surface area (Å²) in [6.07, 6.45) is 0. The number of carbonyl (C=O) groups excluding carboxylic acids is 1. The summed E-state index contributed by atoms with van der Waals surface area (Å²) in [4.78, 5) is 14.1. The number of nitrogens with zero attached hydrogens (tertiary/aromatic N) is 3. The second-order valence-electron chi connectivity index (χ2n) is 4.41. The Labute approximate surface area is 128 Å². The fraction of sp³-hybridized carbons (Fsp3) is 0.267. The zero-order chi connectivity index (χ0) is 15.2. The molecule has 1 N–H and O–H groups in total. The largest absolute Gasteiger partial charge is 0.356 e. The first-order valence-electron chi connectivity index (χ1n) is 6.79. The average molecular weight is 305 g/mol. The van der Waals surface area contributed by atoms with E-state index < -0.39 is 0 Å². The van der Waals surface area contributed by atoms with Crippen molar-refractivity contribution >= 4 is 29.1 Å². The highest BCUT2D eigenvalue weighted by atomic mass is 35.5. The molecule has 5 nitrogen and oxygen atoms in total. The normalized spacial score (nSPS) is 10.2. The zero-order valence-electron chi connectivity index (χ0n) is 12.0. The van der Waals surface area contributed by atoms with Crippen LogP contribution in [0.3, 0.4) is 0 Å². The number of benzene rings is 1. The van der Waals surface area contributed by atoms with Crippen LogP contribution in [-0.2, 0) is 0 Å². The molecule has 6 heteroatoms. The molecule has 1 heterocycles. The van der Waals surface area contributed by atoms with Gasteiger partial charge in [-0.15, -0.1) is 10.2 Å². The van der Waals surface area contributed by atoms with E-state index >= 15 is 0 Å². The molecule has 0 spiro atoms. The van der Waals surface area contributed by atoms with Gasteiger partial charge < -0.3 is 10.2 Å². The Morgan fingerprint density at radius 3 is 2.29 bits per heavy atom. The minimum absolute atomic E-state index is 0.239. The molecule has 0 radical (unpaired) electrons. The molecule has 0 saturated carbocycles. The predicted molar refractivity (Wildman–Crippen MR) is 85.0 cm³/mol. The van der Waals surface area contributed by atoms with Gasteiger partial charge in [-0.25, -0.2) is 0 Å². The summed E-state index contributed by atoms with van der Waals surface area (Å²) in [5.41, 5.74) is 0.522. The Morgan fingerprint density at radius 2 is 1.76 bits per heavy atom. The molecule has 1 aromatic heterocycles. The number of rotatable bonds is 5. The first kappa shape index (κ1) is 15.3. The van der Waals surface area contributed by atoms with Gasteiger partial charge in [-0.3, -0.25) is 4.79 Å². The monoisotopic (exact) mass is 304 g/mol. The van der Waals surface area contributed by atoms with Crippen molar-refractivity contribution in [1.29, 1.82) is 0 Å². The van der Waals surface area contributed by atoms with E-state index in [0.717, 1.165) is 18.9 Å².